The highest BCUT2D eigenvalue weighted by Gasteiger charge is 2.27. The SMILES string of the molecule is O=C(N[C@H]1CCc2ccc(F)cc2NC1=O)c1nnc(Cc2ccccc2)o1. The summed E-state index contributed by atoms with van der Waals surface area (Å²) in [5, 5.41) is 12.9. The molecule has 0 saturated carbocycles. The van der Waals surface area contributed by atoms with Crippen LogP contribution in [0.5, 0.6) is 0 Å². The third kappa shape index (κ3) is 3.90. The molecule has 8 heteroatoms. The van der Waals surface area contributed by atoms with E-state index in [1.54, 1.807) is 6.07 Å². The van der Waals surface area contributed by atoms with Gasteiger partial charge >= 0.3 is 11.8 Å². The number of fused-ring (bicyclic) bond motifs is 1. The molecule has 3 aromatic rings. The molecule has 4 rings (SSSR count). The molecule has 1 aliphatic heterocycles. The number of carbonyl (C=O) groups is 2. The third-order valence-electron chi connectivity index (χ3n) is 4.51. The second kappa shape index (κ2) is 7.59. The molecule has 0 aliphatic carbocycles. The van der Waals surface area contributed by atoms with Crippen LogP contribution in [0, 0.1) is 5.82 Å². The van der Waals surface area contributed by atoms with Crippen molar-refractivity contribution >= 4 is 17.5 Å². The van der Waals surface area contributed by atoms with Gasteiger partial charge in [-0.25, -0.2) is 4.39 Å². The fourth-order valence-electron chi connectivity index (χ4n) is 3.08. The number of hydrogen-bond donors (Lipinski definition) is 2. The van der Waals surface area contributed by atoms with Gasteiger partial charge in [0.15, 0.2) is 0 Å². The molecule has 0 spiro atoms. The van der Waals surface area contributed by atoms with Crippen molar-refractivity contribution in [1.29, 1.82) is 0 Å². The van der Waals surface area contributed by atoms with Crippen molar-refractivity contribution < 1.29 is 18.4 Å². The predicted octanol–water partition coefficient (Wildman–Crippen LogP) is 2.48. The molecule has 28 heavy (non-hydrogen) atoms. The maximum absolute atomic E-state index is 13.4. The Morgan fingerprint density at radius 2 is 2.04 bits per heavy atom. The normalized spacial score (nSPS) is 16.0. The summed E-state index contributed by atoms with van der Waals surface area (Å²) in [5.74, 6) is -1.36. The van der Waals surface area contributed by atoms with Gasteiger partial charge in [-0.1, -0.05) is 36.4 Å². The Labute approximate surface area is 160 Å². The van der Waals surface area contributed by atoms with Crippen LogP contribution in [0.4, 0.5) is 10.1 Å². The van der Waals surface area contributed by atoms with Crippen molar-refractivity contribution in [1.82, 2.24) is 15.5 Å². The summed E-state index contributed by atoms with van der Waals surface area (Å²) in [4.78, 5) is 24.8. The predicted molar refractivity (Wildman–Crippen MR) is 98.2 cm³/mol. The minimum absolute atomic E-state index is 0.202. The zero-order valence-electron chi connectivity index (χ0n) is 14.8. The Balaban J connectivity index is 1.42. The second-order valence-corrected chi connectivity index (χ2v) is 6.52. The van der Waals surface area contributed by atoms with Gasteiger partial charge in [-0.05, 0) is 36.1 Å². The van der Waals surface area contributed by atoms with Crippen LogP contribution in [0.25, 0.3) is 0 Å². The molecule has 1 atom stereocenters. The van der Waals surface area contributed by atoms with E-state index in [4.69, 9.17) is 4.42 Å². The largest absolute Gasteiger partial charge is 0.417 e. The third-order valence-corrected chi connectivity index (χ3v) is 4.51. The zero-order chi connectivity index (χ0) is 19.5. The maximum Gasteiger partial charge on any atom is 0.309 e. The van der Waals surface area contributed by atoms with E-state index in [-0.39, 0.29) is 5.89 Å². The molecular formula is C20H17FN4O3. The van der Waals surface area contributed by atoms with Gasteiger partial charge in [-0.2, -0.15) is 0 Å². The molecule has 1 aromatic heterocycles. The summed E-state index contributed by atoms with van der Waals surface area (Å²) < 4.78 is 18.8. The number of benzene rings is 2. The van der Waals surface area contributed by atoms with E-state index < -0.39 is 23.7 Å². The quantitative estimate of drug-likeness (QED) is 0.725. The number of amides is 2. The van der Waals surface area contributed by atoms with Gasteiger partial charge in [0.05, 0.1) is 6.42 Å². The molecule has 2 amide bonds. The van der Waals surface area contributed by atoms with Gasteiger partial charge in [-0.15, -0.1) is 10.2 Å². The number of nitrogens with one attached hydrogen (secondary N) is 2. The van der Waals surface area contributed by atoms with Crippen LogP contribution in [-0.2, 0) is 17.6 Å². The molecule has 0 saturated heterocycles. The summed E-state index contributed by atoms with van der Waals surface area (Å²) in [5.41, 5.74) is 2.21. The van der Waals surface area contributed by atoms with Gasteiger partial charge in [0.1, 0.15) is 11.9 Å². The van der Waals surface area contributed by atoms with E-state index in [9.17, 15) is 14.0 Å². The van der Waals surface area contributed by atoms with Gasteiger partial charge in [0.2, 0.25) is 11.8 Å². The number of aryl methyl sites for hydroxylation is 1. The molecule has 2 heterocycles. The number of anilines is 1. The lowest BCUT2D eigenvalue weighted by Crippen LogP contribution is -2.43. The highest BCUT2D eigenvalue weighted by atomic mass is 19.1. The van der Waals surface area contributed by atoms with Crippen molar-refractivity contribution in [2.24, 2.45) is 0 Å². The summed E-state index contributed by atoms with van der Waals surface area (Å²) in [6.45, 7) is 0. The molecule has 7 nitrogen and oxygen atoms in total. The van der Waals surface area contributed by atoms with Gasteiger partial charge < -0.3 is 15.1 Å². The summed E-state index contributed by atoms with van der Waals surface area (Å²) in [6.07, 6.45) is 1.30. The molecule has 2 N–H and O–H groups in total. The Bertz CT molecular complexity index is 1020. The molecule has 2 aromatic carbocycles. The molecule has 0 unspecified atom stereocenters. The highest BCUT2D eigenvalue weighted by Crippen LogP contribution is 2.23. The van der Waals surface area contributed by atoms with E-state index in [0.717, 1.165) is 11.1 Å². The van der Waals surface area contributed by atoms with Crippen molar-refractivity contribution in [2.45, 2.75) is 25.3 Å². The maximum atomic E-state index is 13.4. The molecular weight excluding hydrogens is 363 g/mol. The van der Waals surface area contributed by atoms with Crippen molar-refractivity contribution in [3.8, 4) is 0 Å². The molecule has 142 valence electrons. The van der Waals surface area contributed by atoms with Crippen LogP contribution in [0.2, 0.25) is 0 Å². The van der Waals surface area contributed by atoms with E-state index in [0.29, 0.717) is 30.8 Å². The summed E-state index contributed by atoms with van der Waals surface area (Å²) >= 11 is 0. The Hall–Kier alpha value is -3.55. The number of hydrogen-bond acceptors (Lipinski definition) is 5. The fraction of sp³-hybridized carbons (Fsp3) is 0.200. The number of rotatable bonds is 4. The van der Waals surface area contributed by atoms with Crippen molar-refractivity contribution in [3.63, 3.8) is 0 Å². The first-order chi connectivity index (χ1) is 13.6. The monoisotopic (exact) mass is 380 g/mol. The summed E-state index contributed by atoms with van der Waals surface area (Å²) in [7, 11) is 0. The van der Waals surface area contributed by atoms with Crippen LogP contribution >= 0.6 is 0 Å². The Morgan fingerprint density at radius 1 is 1.21 bits per heavy atom. The fourth-order valence-corrected chi connectivity index (χ4v) is 3.08. The number of halogens is 1. The minimum Gasteiger partial charge on any atom is -0.417 e. The van der Waals surface area contributed by atoms with Crippen LogP contribution in [-0.4, -0.2) is 28.1 Å². The lowest BCUT2D eigenvalue weighted by molar-refractivity contribution is -0.118. The van der Waals surface area contributed by atoms with Crippen molar-refractivity contribution in [3.05, 3.63) is 77.3 Å². The summed E-state index contributed by atoms with van der Waals surface area (Å²) in [6, 6.07) is 13.0. The first-order valence-corrected chi connectivity index (χ1v) is 8.85. The van der Waals surface area contributed by atoms with Crippen molar-refractivity contribution in [2.75, 3.05) is 5.32 Å². The zero-order valence-corrected chi connectivity index (χ0v) is 14.8. The Morgan fingerprint density at radius 3 is 2.86 bits per heavy atom. The van der Waals surface area contributed by atoms with E-state index in [1.807, 2.05) is 30.3 Å². The lowest BCUT2D eigenvalue weighted by atomic mass is 10.1. The topological polar surface area (TPSA) is 97.1 Å². The van der Waals surface area contributed by atoms with E-state index in [2.05, 4.69) is 20.8 Å². The lowest BCUT2D eigenvalue weighted by Gasteiger charge is -2.13. The first kappa shape index (κ1) is 17.8. The minimum atomic E-state index is -0.785. The highest BCUT2D eigenvalue weighted by molar-refractivity contribution is 6.00. The van der Waals surface area contributed by atoms with Crippen LogP contribution in [0.1, 0.15) is 34.1 Å². The standard InChI is InChI=1S/C20H17FN4O3/c21-14-8-6-13-7-9-15(18(26)23-16(13)11-14)22-19(27)20-25-24-17(28-20)10-12-4-2-1-3-5-12/h1-6,8,11,15H,7,9-10H2,(H,22,27)(H,23,26)/t15-/m0/s1. The molecule has 0 radical (unpaired) electrons. The molecule has 0 bridgehead atoms. The second-order valence-electron chi connectivity index (χ2n) is 6.52. The van der Waals surface area contributed by atoms with Crippen LogP contribution in [0.3, 0.4) is 0 Å². The van der Waals surface area contributed by atoms with Crippen LogP contribution < -0.4 is 10.6 Å². The first-order valence-electron chi connectivity index (χ1n) is 8.85. The van der Waals surface area contributed by atoms with Gasteiger partial charge in [0.25, 0.3) is 0 Å². The van der Waals surface area contributed by atoms with E-state index in [1.165, 1.54) is 12.1 Å². The number of carbonyl (C=O) groups excluding carboxylic acids is 2. The molecule has 0 fully saturated rings. The molecule has 1 aliphatic rings. The van der Waals surface area contributed by atoms with Gasteiger partial charge in [-0.3, -0.25) is 9.59 Å². The average molecular weight is 380 g/mol. The van der Waals surface area contributed by atoms with Crippen LogP contribution in [0.15, 0.2) is 52.9 Å². The van der Waals surface area contributed by atoms with E-state index >= 15 is 0 Å². The smallest absolute Gasteiger partial charge is 0.309 e. The Kier molecular flexibility index (Phi) is 4.84. The van der Waals surface area contributed by atoms with Gasteiger partial charge in [0, 0.05) is 5.69 Å². The average Bonchev–Trinajstić information content (AvgIpc) is 3.09. The number of aromatic nitrogens is 2. The number of nitrogens with zero attached hydrogens (tertiary/aromatic N) is 2.